The van der Waals surface area contributed by atoms with E-state index < -0.39 is 5.54 Å². The molecular formula is C16H24N2O2. The molecule has 2 N–H and O–H groups in total. The van der Waals surface area contributed by atoms with Crippen molar-refractivity contribution in [2.75, 3.05) is 25.1 Å². The molecule has 1 aliphatic carbocycles. The van der Waals surface area contributed by atoms with Crippen molar-refractivity contribution in [3.63, 3.8) is 0 Å². The normalized spacial score (nSPS) is 17.4. The van der Waals surface area contributed by atoms with Gasteiger partial charge in [0.25, 0.3) is 0 Å². The first-order valence-corrected chi connectivity index (χ1v) is 7.21. The molecule has 0 aromatic heterocycles. The highest BCUT2D eigenvalue weighted by molar-refractivity contribution is 5.82. The van der Waals surface area contributed by atoms with E-state index in [1.54, 1.807) is 0 Å². The largest absolute Gasteiger partial charge is 0.465 e. The topological polar surface area (TPSA) is 55.6 Å². The van der Waals surface area contributed by atoms with Gasteiger partial charge >= 0.3 is 5.97 Å². The molecular weight excluding hydrogens is 252 g/mol. The zero-order valence-corrected chi connectivity index (χ0v) is 12.6. The van der Waals surface area contributed by atoms with Crippen LogP contribution in [0, 0.1) is 12.8 Å². The van der Waals surface area contributed by atoms with Crippen molar-refractivity contribution in [1.29, 1.82) is 0 Å². The van der Waals surface area contributed by atoms with Crippen molar-refractivity contribution in [1.82, 2.24) is 0 Å². The third-order valence-electron chi connectivity index (χ3n) is 3.90. The molecule has 1 unspecified atom stereocenters. The van der Waals surface area contributed by atoms with Crippen LogP contribution in [0.5, 0.6) is 0 Å². The molecule has 4 heteroatoms. The minimum atomic E-state index is -0.894. The van der Waals surface area contributed by atoms with Gasteiger partial charge in [-0.15, -0.1) is 0 Å². The molecule has 2 rings (SSSR count). The van der Waals surface area contributed by atoms with Crippen molar-refractivity contribution >= 4 is 11.7 Å². The molecule has 0 radical (unpaired) electrons. The average molecular weight is 276 g/mol. The van der Waals surface area contributed by atoms with E-state index in [0.29, 0.717) is 13.2 Å². The fraction of sp³-hybridized carbons (Fsp3) is 0.562. The Balaban J connectivity index is 2.14. The first-order chi connectivity index (χ1) is 9.47. The molecule has 4 nitrogen and oxygen atoms in total. The highest BCUT2D eigenvalue weighted by Gasteiger charge is 2.49. The molecule has 1 saturated carbocycles. The highest BCUT2D eigenvalue weighted by Crippen LogP contribution is 2.39. The summed E-state index contributed by atoms with van der Waals surface area (Å²) in [6, 6.07) is 8.20. The lowest BCUT2D eigenvalue weighted by Crippen LogP contribution is -2.58. The number of aryl methyl sites for hydroxylation is 1. The van der Waals surface area contributed by atoms with Gasteiger partial charge in [-0.1, -0.05) is 12.1 Å². The molecule has 0 spiro atoms. The van der Waals surface area contributed by atoms with Gasteiger partial charge in [0.05, 0.1) is 6.61 Å². The molecule has 1 aromatic rings. The lowest BCUT2D eigenvalue weighted by Gasteiger charge is -2.33. The molecule has 1 atom stereocenters. The van der Waals surface area contributed by atoms with E-state index in [-0.39, 0.29) is 11.9 Å². The van der Waals surface area contributed by atoms with Crippen LogP contribution in [-0.4, -0.2) is 31.7 Å². The van der Waals surface area contributed by atoms with Gasteiger partial charge in [-0.25, -0.2) is 4.79 Å². The minimum absolute atomic E-state index is 0.244. The van der Waals surface area contributed by atoms with Crippen LogP contribution >= 0.6 is 0 Å². The van der Waals surface area contributed by atoms with Crippen molar-refractivity contribution < 1.29 is 9.53 Å². The zero-order chi connectivity index (χ0) is 14.8. The second-order valence-electron chi connectivity index (χ2n) is 5.73. The van der Waals surface area contributed by atoms with Crippen molar-refractivity contribution in [2.45, 2.75) is 32.2 Å². The molecule has 0 bridgehead atoms. The van der Waals surface area contributed by atoms with Crippen molar-refractivity contribution in [3.05, 3.63) is 29.8 Å². The van der Waals surface area contributed by atoms with Crippen LogP contribution in [0.3, 0.4) is 0 Å². The third-order valence-corrected chi connectivity index (χ3v) is 3.90. The fourth-order valence-electron chi connectivity index (χ4n) is 2.57. The van der Waals surface area contributed by atoms with E-state index >= 15 is 0 Å². The third kappa shape index (κ3) is 3.12. The first kappa shape index (κ1) is 14.9. The quantitative estimate of drug-likeness (QED) is 0.808. The van der Waals surface area contributed by atoms with Crippen LogP contribution in [0.2, 0.25) is 0 Å². The number of hydrogen-bond acceptors (Lipinski definition) is 4. The maximum Gasteiger partial charge on any atom is 0.328 e. The van der Waals surface area contributed by atoms with Gasteiger partial charge in [-0.05, 0) is 50.3 Å². The van der Waals surface area contributed by atoms with Crippen LogP contribution in [0.25, 0.3) is 0 Å². The number of nitrogens with zero attached hydrogens (tertiary/aromatic N) is 1. The Morgan fingerprint density at radius 1 is 1.50 bits per heavy atom. The lowest BCUT2D eigenvalue weighted by atomic mass is 9.93. The molecule has 110 valence electrons. The SMILES string of the molecule is CCOC(=O)C(N)(CN(C)c1cccc(C)c1)C1CC1. The Bertz CT molecular complexity index is 485. The van der Waals surface area contributed by atoms with Gasteiger partial charge in [0.1, 0.15) is 5.54 Å². The number of hydrogen-bond donors (Lipinski definition) is 1. The predicted octanol–water partition coefficient (Wildman–Crippen LogP) is 2.10. The number of carbonyl (C=O) groups excluding carboxylic acids is 1. The summed E-state index contributed by atoms with van der Waals surface area (Å²) < 4.78 is 5.18. The summed E-state index contributed by atoms with van der Waals surface area (Å²) in [7, 11) is 1.97. The zero-order valence-electron chi connectivity index (χ0n) is 12.6. The van der Waals surface area contributed by atoms with Gasteiger partial charge in [0.15, 0.2) is 0 Å². The number of benzene rings is 1. The number of esters is 1. The molecule has 0 heterocycles. The summed E-state index contributed by atoms with van der Waals surface area (Å²) in [5.74, 6) is -0.0317. The molecule has 1 fully saturated rings. The maximum absolute atomic E-state index is 12.2. The summed E-state index contributed by atoms with van der Waals surface area (Å²) in [5, 5.41) is 0. The van der Waals surface area contributed by atoms with E-state index in [1.807, 2.05) is 31.0 Å². The maximum atomic E-state index is 12.2. The Hall–Kier alpha value is -1.55. The van der Waals surface area contributed by atoms with Gasteiger partial charge in [-0.2, -0.15) is 0 Å². The smallest absolute Gasteiger partial charge is 0.328 e. The average Bonchev–Trinajstić information content (AvgIpc) is 3.23. The summed E-state index contributed by atoms with van der Waals surface area (Å²) in [5.41, 5.74) is 7.77. The van der Waals surface area contributed by atoms with Crippen molar-refractivity contribution in [3.8, 4) is 0 Å². The van der Waals surface area contributed by atoms with Crippen LogP contribution in [0.1, 0.15) is 25.3 Å². The van der Waals surface area contributed by atoms with Crippen LogP contribution < -0.4 is 10.6 Å². The summed E-state index contributed by atoms with van der Waals surface area (Å²) in [6.07, 6.45) is 2.02. The number of ether oxygens (including phenoxy) is 1. The Labute approximate surface area is 120 Å². The molecule has 1 aromatic carbocycles. The first-order valence-electron chi connectivity index (χ1n) is 7.21. The van der Waals surface area contributed by atoms with Gasteiger partial charge in [0, 0.05) is 19.3 Å². The number of nitrogens with two attached hydrogens (primary N) is 1. The van der Waals surface area contributed by atoms with Gasteiger partial charge in [0.2, 0.25) is 0 Å². The van der Waals surface area contributed by atoms with E-state index in [4.69, 9.17) is 10.5 Å². The number of anilines is 1. The standard InChI is InChI=1S/C16H24N2O2/c1-4-20-15(19)16(17,13-8-9-13)11-18(3)14-7-5-6-12(2)10-14/h5-7,10,13H,4,8-9,11,17H2,1-3H3. The van der Waals surface area contributed by atoms with E-state index in [0.717, 1.165) is 18.5 Å². The molecule has 0 aliphatic heterocycles. The second-order valence-corrected chi connectivity index (χ2v) is 5.73. The Morgan fingerprint density at radius 2 is 2.20 bits per heavy atom. The lowest BCUT2D eigenvalue weighted by molar-refractivity contribution is -0.150. The Kier molecular flexibility index (Phi) is 4.33. The molecule has 0 amide bonds. The molecule has 1 aliphatic rings. The van der Waals surface area contributed by atoms with Crippen LogP contribution in [-0.2, 0) is 9.53 Å². The minimum Gasteiger partial charge on any atom is -0.465 e. The summed E-state index contributed by atoms with van der Waals surface area (Å²) >= 11 is 0. The predicted molar refractivity (Wildman–Crippen MR) is 80.7 cm³/mol. The van der Waals surface area contributed by atoms with E-state index in [1.165, 1.54) is 5.56 Å². The number of carbonyl (C=O) groups is 1. The number of likely N-dealkylation sites (N-methyl/N-ethyl adjacent to an activating group) is 1. The summed E-state index contributed by atoms with van der Waals surface area (Å²) in [4.78, 5) is 14.3. The monoisotopic (exact) mass is 276 g/mol. The molecule has 0 saturated heterocycles. The summed E-state index contributed by atoms with van der Waals surface area (Å²) in [6.45, 7) is 4.73. The Morgan fingerprint density at radius 3 is 2.75 bits per heavy atom. The number of rotatable bonds is 6. The highest BCUT2D eigenvalue weighted by atomic mass is 16.5. The fourth-order valence-corrected chi connectivity index (χ4v) is 2.57. The van der Waals surface area contributed by atoms with E-state index in [9.17, 15) is 4.79 Å². The van der Waals surface area contributed by atoms with Crippen molar-refractivity contribution in [2.24, 2.45) is 11.7 Å². The van der Waals surface area contributed by atoms with E-state index in [2.05, 4.69) is 19.1 Å². The molecule has 20 heavy (non-hydrogen) atoms. The van der Waals surface area contributed by atoms with Gasteiger partial charge in [-0.3, -0.25) is 0 Å². The second kappa shape index (κ2) is 5.83. The van der Waals surface area contributed by atoms with Crippen LogP contribution in [0.15, 0.2) is 24.3 Å². The van der Waals surface area contributed by atoms with Gasteiger partial charge < -0.3 is 15.4 Å². The van der Waals surface area contributed by atoms with Crippen LogP contribution in [0.4, 0.5) is 5.69 Å².